The Morgan fingerprint density at radius 1 is 0.426 bits per heavy atom. The van der Waals surface area contributed by atoms with E-state index in [0.29, 0.717) is 17.5 Å². The molecule has 5 nitrogen and oxygen atoms in total. The largest absolute Gasteiger partial charge is 0.256 e. The molecule has 0 saturated heterocycles. The summed E-state index contributed by atoms with van der Waals surface area (Å²) < 4.78 is 2.41. The van der Waals surface area contributed by atoms with Gasteiger partial charge in [-0.25, -0.2) is 15.0 Å². The summed E-state index contributed by atoms with van der Waals surface area (Å²) >= 11 is 1.78. The summed E-state index contributed by atoms with van der Waals surface area (Å²) in [5.41, 5.74) is 7.86. The monoisotopic (exact) mass is 619 g/mol. The van der Waals surface area contributed by atoms with Crippen molar-refractivity contribution >= 4 is 42.4 Å². The van der Waals surface area contributed by atoms with Crippen LogP contribution in [0.5, 0.6) is 0 Å². The topological polar surface area (TPSA) is 64.5 Å². The van der Waals surface area contributed by atoms with Crippen molar-refractivity contribution in [1.82, 2.24) is 24.9 Å². The molecule has 4 heterocycles. The number of pyridine rings is 2. The van der Waals surface area contributed by atoms with E-state index in [9.17, 15) is 0 Å². The summed E-state index contributed by atoms with van der Waals surface area (Å²) in [6.45, 7) is 0. The van der Waals surface area contributed by atoms with E-state index in [0.717, 1.165) is 54.7 Å². The Kier molecular flexibility index (Phi) is 6.58. The standard InChI is InChI=1S/C41H25N5S/c1-3-10-28(11-4-1)39-44-40(29-12-5-2-6-13-29)46-41(45-39)30-19-17-26(18-20-30)31-22-21-27-14-9-24-42-36(27)35(31)37-38-33(23-25-43-37)32-15-7-8-16-34(32)47-38/h1-25H. The smallest absolute Gasteiger partial charge is 0.164 e. The molecule has 9 aromatic rings. The minimum absolute atomic E-state index is 0.626. The Hall–Kier alpha value is -6.11. The summed E-state index contributed by atoms with van der Waals surface area (Å²) in [5.74, 6) is 1.91. The average molecular weight is 620 g/mol. The first-order valence-corrected chi connectivity index (χ1v) is 16.2. The molecule has 0 fully saturated rings. The Balaban J connectivity index is 1.20. The first-order chi connectivity index (χ1) is 23.3. The summed E-state index contributed by atoms with van der Waals surface area (Å²) in [7, 11) is 0. The molecule has 0 spiro atoms. The van der Waals surface area contributed by atoms with E-state index < -0.39 is 0 Å². The van der Waals surface area contributed by atoms with E-state index in [1.165, 1.54) is 15.5 Å². The van der Waals surface area contributed by atoms with Crippen LogP contribution in [-0.4, -0.2) is 24.9 Å². The lowest BCUT2D eigenvalue weighted by Crippen LogP contribution is -2.00. The molecule has 5 aromatic carbocycles. The van der Waals surface area contributed by atoms with Crippen LogP contribution in [0.1, 0.15) is 0 Å². The van der Waals surface area contributed by atoms with E-state index in [1.54, 1.807) is 11.3 Å². The van der Waals surface area contributed by atoms with Crippen molar-refractivity contribution in [3.05, 3.63) is 152 Å². The third-order valence-electron chi connectivity index (χ3n) is 8.46. The van der Waals surface area contributed by atoms with Crippen LogP contribution in [0.3, 0.4) is 0 Å². The van der Waals surface area contributed by atoms with Crippen LogP contribution in [-0.2, 0) is 0 Å². The van der Waals surface area contributed by atoms with Gasteiger partial charge in [0.2, 0.25) is 0 Å². The molecular weight excluding hydrogens is 595 g/mol. The first kappa shape index (κ1) is 27.2. The Bertz CT molecular complexity index is 2500. The van der Waals surface area contributed by atoms with Crippen LogP contribution in [0.15, 0.2) is 152 Å². The second-order valence-corrected chi connectivity index (χ2v) is 12.4. The Morgan fingerprint density at radius 2 is 1.04 bits per heavy atom. The summed E-state index contributed by atoms with van der Waals surface area (Å²) in [5, 5.41) is 3.54. The van der Waals surface area contributed by atoms with Gasteiger partial charge in [0.1, 0.15) is 0 Å². The van der Waals surface area contributed by atoms with Gasteiger partial charge in [-0.15, -0.1) is 11.3 Å². The van der Waals surface area contributed by atoms with Crippen molar-refractivity contribution < 1.29 is 0 Å². The van der Waals surface area contributed by atoms with Gasteiger partial charge in [0, 0.05) is 55.5 Å². The van der Waals surface area contributed by atoms with Crippen molar-refractivity contribution in [3.63, 3.8) is 0 Å². The Morgan fingerprint density at radius 3 is 1.74 bits per heavy atom. The predicted molar refractivity (Wildman–Crippen MR) is 193 cm³/mol. The lowest BCUT2D eigenvalue weighted by Gasteiger charge is -2.14. The van der Waals surface area contributed by atoms with Gasteiger partial charge in [-0.3, -0.25) is 9.97 Å². The molecule has 0 radical (unpaired) electrons. The van der Waals surface area contributed by atoms with Crippen LogP contribution in [0.4, 0.5) is 0 Å². The van der Waals surface area contributed by atoms with E-state index in [-0.39, 0.29) is 0 Å². The number of aromatic nitrogens is 5. The number of nitrogens with zero attached hydrogens (tertiary/aromatic N) is 5. The van der Waals surface area contributed by atoms with Crippen LogP contribution in [0, 0.1) is 0 Å². The summed E-state index contributed by atoms with van der Waals surface area (Å²) in [6.07, 6.45) is 3.78. The number of benzene rings is 5. The second kappa shape index (κ2) is 11.4. The average Bonchev–Trinajstić information content (AvgIpc) is 3.54. The molecule has 0 saturated carbocycles. The highest BCUT2D eigenvalue weighted by Gasteiger charge is 2.19. The molecule has 47 heavy (non-hydrogen) atoms. The zero-order chi connectivity index (χ0) is 31.2. The summed E-state index contributed by atoms with van der Waals surface area (Å²) in [6, 6.07) is 47.7. The zero-order valence-corrected chi connectivity index (χ0v) is 25.9. The quantitative estimate of drug-likeness (QED) is 0.192. The maximum Gasteiger partial charge on any atom is 0.164 e. The maximum absolute atomic E-state index is 4.99. The SMILES string of the molecule is c1ccc(-c2nc(-c3ccccc3)nc(-c3ccc(-c4ccc5cccnc5c4-c4nccc5c4sc4ccccc45)cc3)n2)cc1. The van der Waals surface area contributed by atoms with Crippen LogP contribution in [0.25, 0.3) is 87.6 Å². The molecule has 0 amide bonds. The molecule has 0 aliphatic rings. The number of hydrogen-bond donors (Lipinski definition) is 0. The van der Waals surface area contributed by atoms with Gasteiger partial charge in [0.05, 0.1) is 15.9 Å². The molecule has 0 bridgehead atoms. The van der Waals surface area contributed by atoms with Crippen molar-refractivity contribution in [2.24, 2.45) is 0 Å². The van der Waals surface area contributed by atoms with E-state index in [4.69, 9.17) is 24.9 Å². The number of fused-ring (bicyclic) bond motifs is 4. The van der Waals surface area contributed by atoms with Gasteiger partial charge >= 0.3 is 0 Å². The second-order valence-electron chi connectivity index (χ2n) is 11.3. The molecule has 4 aromatic heterocycles. The highest BCUT2D eigenvalue weighted by molar-refractivity contribution is 7.26. The highest BCUT2D eigenvalue weighted by atomic mass is 32.1. The van der Waals surface area contributed by atoms with Crippen molar-refractivity contribution in [1.29, 1.82) is 0 Å². The van der Waals surface area contributed by atoms with Crippen molar-refractivity contribution in [2.45, 2.75) is 0 Å². The minimum Gasteiger partial charge on any atom is -0.256 e. The number of rotatable bonds is 5. The van der Waals surface area contributed by atoms with Gasteiger partial charge in [-0.05, 0) is 29.3 Å². The number of hydrogen-bond acceptors (Lipinski definition) is 6. The van der Waals surface area contributed by atoms with Gasteiger partial charge in [-0.1, -0.05) is 121 Å². The molecule has 220 valence electrons. The molecule has 0 unspecified atom stereocenters. The number of thiophene rings is 1. The molecule has 9 rings (SSSR count). The third-order valence-corrected chi connectivity index (χ3v) is 9.65. The third kappa shape index (κ3) is 4.83. The van der Waals surface area contributed by atoms with Gasteiger partial charge < -0.3 is 0 Å². The maximum atomic E-state index is 4.99. The fraction of sp³-hybridized carbons (Fsp3) is 0. The van der Waals surface area contributed by atoms with E-state index in [1.807, 2.05) is 79.1 Å². The van der Waals surface area contributed by atoms with Crippen LogP contribution < -0.4 is 0 Å². The molecule has 0 aliphatic carbocycles. The van der Waals surface area contributed by atoms with Crippen molar-refractivity contribution in [2.75, 3.05) is 0 Å². The normalized spacial score (nSPS) is 11.4. The lowest BCUT2D eigenvalue weighted by atomic mass is 9.93. The van der Waals surface area contributed by atoms with Gasteiger partial charge in [-0.2, -0.15) is 0 Å². The Labute approximate surface area is 275 Å². The fourth-order valence-corrected chi connectivity index (χ4v) is 7.39. The van der Waals surface area contributed by atoms with Crippen molar-refractivity contribution in [3.8, 4) is 56.5 Å². The minimum atomic E-state index is 0.626. The van der Waals surface area contributed by atoms with E-state index in [2.05, 4.69) is 72.8 Å². The molecule has 0 atom stereocenters. The summed E-state index contributed by atoms with van der Waals surface area (Å²) in [4.78, 5) is 24.6. The fourth-order valence-electron chi connectivity index (χ4n) is 6.19. The van der Waals surface area contributed by atoms with Gasteiger partial charge in [0.15, 0.2) is 17.5 Å². The van der Waals surface area contributed by atoms with Crippen LogP contribution >= 0.6 is 11.3 Å². The van der Waals surface area contributed by atoms with Gasteiger partial charge in [0.25, 0.3) is 0 Å². The first-order valence-electron chi connectivity index (χ1n) is 15.4. The lowest BCUT2D eigenvalue weighted by molar-refractivity contribution is 1.07. The molecule has 0 N–H and O–H groups in total. The highest BCUT2D eigenvalue weighted by Crippen LogP contribution is 2.44. The van der Waals surface area contributed by atoms with Crippen LogP contribution in [0.2, 0.25) is 0 Å². The van der Waals surface area contributed by atoms with E-state index >= 15 is 0 Å². The molecule has 0 aliphatic heterocycles. The molecule has 6 heteroatoms. The predicted octanol–water partition coefficient (Wildman–Crippen LogP) is 10.5. The zero-order valence-electron chi connectivity index (χ0n) is 25.1. The molecular formula is C41H25N5S.